The molecule has 0 saturated heterocycles. The molecule has 0 aliphatic heterocycles. The smallest absolute Gasteiger partial charge is 0.0777 e. The summed E-state index contributed by atoms with van der Waals surface area (Å²) in [6, 6.07) is 7.80. The number of anilines is 1. The van der Waals surface area contributed by atoms with Crippen LogP contribution in [0.4, 0.5) is 5.69 Å². The summed E-state index contributed by atoms with van der Waals surface area (Å²) in [5.74, 6) is 0.544. The van der Waals surface area contributed by atoms with E-state index in [0.717, 1.165) is 28.8 Å². The van der Waals surface area contributed by atoms with Crippen molar-refractivity contribution in [3.05, 3.63) is 36.0 Å². The second-order valence-electron chi connectivity index (χ2n) is 4.62. The van der Waals surface area contributed by atoms with Crippen molar-refractivity contribution in [3.63, 3.8) is 0 Å². The minimum atomic E-state index is 0.544. The van der Waals surface area contributed by atoms with E-state index in [-0.39, 0.29) is 0 Å². The van der Waals surface area contributed by atoms with Crippen molar-refractivity contribution in [1.29, 1.82) is 0 Å². The highest BCUT2D eigenvalue weighted by molar-refractivity contribution is 5.92. The molecule has 90 valence electrons. The third-order valence-corrected chi connectivity index (χ3v) is 2.60. The van der Waals surface area contributed by atoms with E-state index in [1.165, 1.54) is 0 Å². The zero-order valence-electron chi connectivity index (χ0n) is 10.3. The van der Waals surface area contributed by atoms with E-state index in [1.54, 1.807) is 6.20 Å². The number of hydrogen-bond donors (Lipinski definition) is 1. The molecule has 0 radical (unpaired) electrons. The number of ether oxygens (including phenoxy) is 1. The molecule has 0 unspecified atom stereocenters. The Balaban J connectivity index is 2.26. The topological polar surface area (TPSA) is 48.1 Å². The number of nitrogens with two attached hydrogens (primary N) is 1. The van der Waals surface area contributed by atoms with Crippen LogP contribution in [-0.2, 0) is 11.3 Å². The van der Waals surface area contributed by atoms with Gasteiger partial charge in [-0.25, -0.2) is 0 Å². The number of rotatable bonds is 4. The second-order valence-corrected chi connectivity index (χ2v) is 4.62. The fraction of sp³-hybridized carbons (Fsp3) is 0.357. The average Bonchev–Trinajstić information content (AvgIpc) is 2.32. The summed E-state index contributed by atoms with van der Waals surface area (Å²) in [6.45, 7) is 5.63. The van der Waals surface area contributed by atoms with Gasteiger partial charge in [0.05, 0.1) is 12.1 Å². The molecule has 1 aromatic carbocycles. The fourth-order valence-corrected chi connectivity index (χ4v) is 1.77. The highest BCUT2D eigenvalue weighted by atomic mass is 16.5. The molecule has 2 N–H and O–H groups in total. The lowest BCUT2D eigenvalue weighted by Crippen LogP contribution is -2.03. The van der Waals surface area contributed by atoms with Gasteiger partial charge in [0.1, 0.15) is 0 Å². The summed E-state index contributed by atoms with van der Waals surface area (Å²) in [5.41, 5.74) is 8.72. The highest BCUT2D eigenvalue weighted by Crippen LogP contribution is 2.23. The first-order valence-electron chi connectivity index (χ1n) is 5.88. The first-order valence-corrected chi connectivity index (χ1v) is 5.88. The number of pyridine rings is 1. The van der Waals surface area contributed by atoms with Crippen LogP contribution in [0, 0.1) is 5.92 Å². The fourth-order valence-electron chi connectivity index (χ4n) is 1.77. The molecule has 3 nitrogen and oxygen atoms in total. The maximum Gasteiger partial charge on any atom is 0.0777 e. The molecule has 0 aliphatic rings. The summed E-state index contributed by atoms with van der Waals surface area (Å²) in [7, 11) is 0. The van der Waals surface area contributed by atoms with E-state index in [4.69, 9.17) is 10.5 Å². The molecule has 2 rings (SSSR count). The zero-order valence-corrected chi connectivity index (χ0v) is 10.3. The second kappa shape index (κ2) is 5.15. The van der Waals surface area contributed by atoms with E-state index in [2.05, 4.69) is 18.8 Å². The molecule has 0 spiro atoms. The van der Waals surface area contributed by atoms with Crippen LogP contribution >= 0.6 is 0 Å². The summed E-state index contributed by atoms with van der Waals surface area (Å²) >= 11 is 0. The van der Waals surface area contributed by atoms with Gasteiger partial charge in [-0.1, -0.05) is 19.9 Å². The Morgan fingerprint density at radius 3 is 2.88 bits per heavy atom. The molecule has 2 aromatic rings. The Kier molecular flexibility index (Phi) is 3.59. The zero-order chi connectivity index (χ0) is 12.3. The lowest BCUT2D eigenvalue weighted by atomic mass is 10.1. The van der Waals surface area contributed by atoms with Gasteiger partial charge in [-0.15, -0.1) is 0 Å². The third kappa shape index (κ3) is 2.74. The van der Waals surface area contributed by atoms with Gasteiger partial charge in [-0.05, 0) is 24.1 Å². The first-order chi connectivity index (χ1) is 8.18. The summed E-state index contributed by atoms with van der Waals surface area (Å²) in [4.78, 5) is 4.38. The van der Waals surface area contributed by atoms with Crippen LogP contribution in [0.5, 0.6) is 0 Å². The molecule has 0 fully saturated rings. The maximum absolute atomic E-state index is 5.92. The number of aromatic nitrogens is 1. The van der Waals surface area contributed by atoms with Crippen molar-refractivity contribution in [2.75, 3.05) is 12.3 Å². The molecule has 1 aromatic heterocycles. The Hall–Kier alpha value is -1.61. The van der Waals surface area contributed by atoms with Crippen molar-refractivity contribution in [2.45, 2.75) is 20.5 Å². The van der Waals surface area contributed by atoms with Gasteiger partial charge in [-0.2, -0.15) is 0 Å². The van der Waals surface area contributed by atoms with Crippen molar-refractivity contribution in [3.8, 4) is 0 Å². The van der Waals surface area contributed by atoms with Gasteiger partial charge >= 0.3 is 0 Å². The van der Waals surface area contributed by atoms with Gasteiger partial charge in [0.15, 0.2) is 0 Å². The molecular weight excluding hydrogens is 212 g/mol. The maximum atomic E-state index is 5.92. The van der Waals surface area contributed by atoms with Crippen molar-refractivity contribution in [1.82, 2.24) is 4.98 Å². The third-order valence-electron chi connectivity index (χ3n) is 2.60. The molecule has 0 amide bonds. The van der Waals surface area contributed by atoms with Crippen molar-refractivity contribution >= 4 is 16.6 Å². The Morgan fingerprint density at radius 1 is 1.29 bits per heavy atom. The number of nitrogen functional groups attached to an aromatic ring is 1. The number of hydrogen-bond acceptors (Lipinski definition) is 3. The lowest BCUT2D eigenvalue weighted by Gasteiger charge is -2.10. The molecule has 1 heterocycles. The highest BCUT2D eigenvalue weighted by Gasteiger charge is 2.05. The van der Waals surface area contributed by atoms with Crippen LogP contribution in [-0.4, -0.2) is 11.6 Å². The van der Waals surface area contributed by atoms with E-state index in [9.17, 15) is 0 Å². The standard InChI is InChI=1S/C14H18N2O/c1-10(2)8-17-9-11-5-6-13(15)12-4-3-7-16-14(11)12/h3-7,10H,8-9,15H2,1-2H3. The largest absolute Gasteiger partial charge is 0.398 e. The molecular formula is C14H18N2O. The summed E-state index contributed by atoms with van der Waals surface area (Å²) < 4.78 is 5.65. The normalized spacial score (nSPS) is 11.2. The van der Waals surface area contributed by atoms with E-state index >= 15 is 0 Å². The minimum absolute atomic E-state index is 0.544. The Bertz CT molecular complexity index is 509. The Labute approximate surface area is 102 Å². The lowest BCUT2D eigenvalue weighted by molar-refractivity contribution is 0.0977. The molecule has 17 heavy (non-hydrogen) atoms. The van der Waals surface area contributed by atoms with Gasteiger partial charge in [0, 0.05) is 29.4 Å². The summed E-state index contributed by atoms with van der Waals surface area (Å²) in [5, 5.41) is 0.998. The predicted octanol–water partition coefficient (Wildman–Crippen LogP) is 2.99. The van der Waals surface area contributed by atoms with E-state index in [1.807, 2.05) is 24.3 Å². The molecule has 0 saturated carbocycles. The van der Waals surface area contributed by atoms with Crippen molar-refractivity contribution < 1.29 is 4.74 Å². The van der Waals surface area contributed by atoms with Crippen LogP contribution in [0.15, 0.2) is 30.5 Å². The average molecular weight is 230 g/mol. The monoisotopic (exact) mass is 230 g/mol. The van der Waals surface area contributed by atoms with Gasteiger partial charge in [0.2, 0.25) is 0 Å². The quantitative estimate of drug-likeness (QED) is 0.821. The SMILES string of the molecule is CC(C)COCc1ccc(N)c2cccnc12. The van der Waals surface area contributed by atoms with Crippen molar-refractivity contribution in [2.24, 2.45) is 5.92 Å². The molecule has 0 bridgehead atoms. The number of fused-ring (bicyclic) bond motifs is 1. The van der Waals surface area contributed by atoms with Crippen LogP contribution in [0.1, 0.15) is 19.4 Å². The minimum Gasteiger partial charge on any atom is -0.398 e. The number of benzene rings is 1. The molecule has 3 heteroatoms. The van der Waals surface area contributed by atoms with Gasteiger partial charge in [-0.3, -0.25) is 4.98 Å². The summed E-state index contributed by atoms with van der Waals surface area (Å²) in [6.07, 6.45) is 1.79. The predicted molar refractivity (Wildman–Crippen MR) is 70.6 cm³/mol. The van der Waals surface area contributed by atoms with Gasteiger partial charge < -0.3 is 10.5 Å². The molecule has 0 atom stereocenters. The van der Waals surface area contributed by atoms with Crippen LogP contribution in [0.3, 0.4) is 0 Å². The van der Waals surface area contributed by atoms with E-state index < -0.39 is 0 Å². The van der Waals surface area contributed by atoms with Crippen LogP contribution in [0.2, 0.25) is 0 Å². The van der Waals surface area contributed by atoms with Gasteiger partial charge in [0.25, 0.3) is 0 Å². The molecule has 0 aliphatic carbocycles. The Morgan fingerprint density at radius 2 is 2.12 bits per heavy atom. The first kappa shape index (κ1) is 11.9. The van der Waals surface area contributed by atoms with Crippen LogP contribution in [0.25, 0.3) is 10.9 Å². The number of nitrogens with zero attached hydrogens (tertiary/aromatic N) is 1. The van der Waals surface area contributed by atoms with E-state index in [0.29, 0.717) is 12.5 Å². The van der Waals surface area contributed by atoms with Crippen LogP contribution < -0.4 is 5.73 Å².